The van der Waals surface area contributed by atoms with Gasteiger partial charge in [0.1, 0.15) is 18.8 Å². The second-order valence-electron chi connectivity index (χ2n) is 5.79. The van der Waals surface area contributed by atoms with Gasteiger partial charge >= 0.3 is 0 Å². The van der Waals surface area contributed by atoms with Crippen molar-refractivity contribution in [2.45, 2.75) is 25.5 Å². The molecule has 1 atom stereocenters. The van der Waals surface area contributed by atoms with Crippen LogP contribution in [0.4, 0.5) is 11.5 Å². The molecule has 0 bridgehead atoms. The predicted octanol–water partition coefficient (Wildman–Crippen LogP) is 2.02. The van der Waals surface area contributed by atoms with Crippen molar-refractivity contribution < 1.29 is 4.74 Å². The monoisotopic (exact) mass is 334 g/mol. The second-order valence-corrected chi connectivity index (χ2v) is 5.79. The molecule has 3 N–H and O–H groups in total. The Labute approximate surface area is 145 Å². The number of nitrogens with one attached hydrogen (secondary N) is 1. The Kier molecular flexibility index (Phi) is 4.29. The van der Waals surface area contributed by atoms with Crippen LogP contribution in [-0.4, -0.2) is 32.2 Å². The zero-order valence-corrected chi connectivity index (χ0v) is 13.6. The molecule has 1 aliphatic rings. The van der Waals surface area contributed by atoms with Gasteiger partial charge in [-0.15, -0.1) is 0 Å². The highest BCUT2D eigenvalue weighted by Gasteiger charge is 2.13. The minimum Gasteiger partial charge on any atom is -0.365 e. The molecule has 2 aromatic heterocycles. The van der Waals surface area contributed by atoms with Crippen molar-refractivity contribution in [1.82, 2.24) is 19.5 Å². The minimum absolute atomic E-state index is 0.00191. The van der Waals surface area contributed by atoms with Crippen LogP contribution in [0.2, 0.25) is 0 Å². The molecular weight excluding hydrogens is 316 g/mol. The van der Waals surface area contributed by atoms with E-state index in [1.165, 1.54) is 6.33 Å². The first-order valence-electron chi connectivity index (χ1n) is 8.21. The maximum absolute atomic E-state index is 5.63. The lowest BCUT2D eigenvalue weighted by atomic mass is 10.2. The summed E-state index contributed by atoms with van der Waals surface area (Å²) in [6.07, 6.45) is 5.19. The molecular formula is C18H18N6O. The SMILES string of the molecule is NCc1ccc(Nc2ncnc3c2ncn3C#CC2CCCO2)cc1. The number of hydrogen-bond acceptors (Lipinski definition) is 6. The van der Waals surface area contributed by atoms with E-state index < -0.39 is 0 Å². The van der Waals surface area contributed by atoms with Crippen molar-refractivity contribution in [3.63, 3.8) is 0 Å². The van der Waals surface area contributed by atoms with Crippen LogP contribution in [0.3, 0.4) is 0 Å². The van der Waals surface area contributed by atoms with Crippen molar-refractivity contribution in [1.29, 1.82) is 0 Å². The van der Waals surface area contributed by atoms with E-state index in [2.05, 4.69) is 32.2 Å². The molecule has 7 heteroatoms. The van der Waals surface area contributed by atoms with Crippen molar-refractivity contribution in [3.05, 3.63) is 42.5 Å². The van der Waals surface area contributed by atoms with Gasteiger partial charge in [0.15, 0.2) is 17.0 Å². The molecule has 3 aromatic rings. The fraction of sp³-hybridized carbons (Fsp3) is 0.278. The number of nitrogens with zero attached hydrogens (tertiary/aromatic N) is 4. The number of nitrogens with two attached hydrogens (primary N) is 1. The molecule has 0 saturated carbocycles. The average Bonchev–Trinajstić information content (AvgIpc) is 3.31. The lowest BCUT2D eigenvalue weighted by Gasteiger charge is -2.06. The third-order valence-electron chi connectivity index (χ3n) is 4.06. The molecule has 4 rings (SSSR count). The van der Waals surface area contributed by atoms with Crippen molar-refractivity contribution in [2.75, 3.05) is 11.9 Å². The first-order valence-corrected chi connectivity index (χ1v) is 8.21. The standard InChI is InChI=1S/C18H18N6O/c19-10-13-3-5-14(6-4-13)23-17-16-18(21-11-20-17)24(12-22-16)8-7-15-2-1-9-25-15/h3-6,11-12,15H,1-2,9-10,19H2,(H,20,21,23). The van der Waals surface area contributed by atoms with E-state index in [1.807, 2.05) is 24.3 Å². The van der Waals surface area contributed by atoms with Gasteiger partial charge in [-0.05, 0) is 36.5 Å². The van der Waals surface area contributed by atoms with Crippen molar-refractivity contribution in [2.24, 2.45) is 5.73 Å². The number of imidazole rings is 1. The molecule has 3 heterocycles. The van der Waals surface area contributed by atoms with Gasteiger partial charge in [0.2, 0.25) is 0 Å². The number of rotatable bonds is 3. The fourth-order valence-electron chi connectivity index (χ4n) is 2.70. The van der Waals surface area contributed by atoms with Gasteiger partial charge < -0.3 is 15.8 Å². The molecule has 0 aliphatic carbocycles. The number of hydrogen-bond donors (Lipinski definition) is 2. The highest BCUT2D eigenvalue weighted by atomic mass is 16.5. The maximum atomic E-state index is 5.63. The van der Waals surface area contributed by atoms with Crippen molar-refractivity contribution >= 4 is 22.7 Å². The van der Waals surface area contributed by atoms with Gasteiger partial charge in [-0.25, -0.2) is 19.5 Å². The Balaban J connectivity index is 1.61. The summed E-state index contributed by atoms with van der Waals surface area (Å²) >= 11 is 0. The molecule has 1 saturated heterocycles. The van der Waals surface area contributed by atoms with E-state index in [9.17, 15) is 0 Å². The van der Waals surface area contributed by atoms with Crippen LogP contribution < -0.4 is 11.1 Å². The van der Waals surface area contributed by atoms with Crippen molar-refractivity contribution in [3.8, 4) is 12.0 Å². The summed E-state index contributed by atoms with van der Waals surface area (Å²) in [6, 6.07) is 10.9. The zero-order chi connectivity index (χ0) is 17.1. The van der Waals surface area contributed by atoms with Crippen LogP contribution in [0.25, 0.3) is 11.2 Å². The van der Waals surface area contributed by atoms with Gasteiger partial charge in [-0.1, -0.05) is 12.1 Å². The van der Waals surface area contributed by atoms with E-state index in [4.69, 9.17) is 10.5 Å². The lowest BCUT2D eigenvalue weighted by Crippen LogP contribution is -2.01. The highest BCUT2D eigenvalue weighted by molar-refractivity contribution is 5.85. The summed E-state index contributed by atoms with van der Waals surface area (Å²) in [5.74, 6) is 3.76. The molecule has 1 fully saturated rings. The quantitative estimate of drug-likeness (QED) is 0.712. The summed E-state index contributed by atoms with van der Waals surface area (Å²) in [5.41, 5.74) is 8.96. The van der Waals surface area contributed by atoms with Gasteiger partial charge in [-0.3, -0.25) is 0 Å². The number of fused-ring (bicyclic) bond motifs is 1. The Morgan fingerprint density at radius 1 is 1.24 bits per heavy atom. The Morgan fingerprint density at radius 3 is 2.88 bits per heavy atom. The Hall–Kier alpha value is -2.95. The van der Waals surface area contributed by atoms with Gasteiger partial charge in [0.05, 0.1) is 0 Å². The summed E-state index contributed by atoms with van der Waals surface area (Å²) in [5, 5.41) is 3.27. The van der Waals surface area contributed by atoms with Crippen LogP contribution in [0.1, 0.15) is 18.4 Å². The van der Waals surface area contributed by atoms with Crippen LogP contribution in [0.15, 0.2) is 36.9 Å². The molecule has 0 spiro atoms. The van der Waals surface area contributed by atoms with E-state index in [-0.39, 0.29) is 6.10 Å². The first-order chi connectivity index (χ1) is 12.3. The lowest BCUT2D eigenvalue weighted by molar-refractivity contribution is 0.152. The van der Waals surface area contributed by atoms with Gasteiger partial charge in [0.25, 0.3) is 0 Å². The number of benzene rings is 1. The fourth-order valence-corrected chi connectivity index (χ4v) is 2.70. The van der Waals surface area contributed by atoms with Crippen LogP contribution >= 0.6 is 0 Å². The van der Waals surface area contributed by atoms with Gasteiger partial charge in [-0.2, -0.15) is 0 Å². The number of aromatic nitrogens is 4. The summed E-state index contributed by atoms with van der Waals surface area (Å²) in [7, 11) is 0. The topological polar surface area (TPSA) is 90.9 Å². The zero-order valence-electron chi connectivity index (χ0n) is 13.6. The first kappa shape index (κ1) is 15.6. The predicted molar refractivity (Wildman–Crippen MR) is 95.1 cm³/mol. The van der Waals surface area contributed by atoms with Crippen LogP contribution in [0, 0.1) is 12.0 Å². The molecule has 0 amide bonds. The molecule has 0 radical (unpaired) electrons. The average molecular weight is 334 g/mol. The third-order valence-corrected chi connectivity index (χ3v) is 4.06. The van der Waals surface area contributed by atoms with E-state index in [1.54, 1.807) is 10.9 Å². The third kappa shape index (κ3) is 3.31. The molecule has 7 nitrogen and oxygen atoms in total. The molecule has 126 valence electrons. The van der Waals surface area contributed by atoms with Gasteiger partial charge in [0, 0.05) is 24.9 Å². The van der Waals surface area contributed by atoms with Crippen LogP contribution in [-0.2, 0) is 11.3 Å². The summed E-state index contributed by atoms with van der Waals surface area (Å²) in [4.78, 5) is 13.0. The van der Waals surface area contributed by atoms with Crippen LogP contribution in [0.5, 0.6) is 0 Å². The highest BCUT2D eigenvalue weighted by Crippen LogP contribution is 2.21. The molecule has 1 aromatic carbocycles. The Bertz CT molecular complexity index is 932. The Morgan fingerprint density at radius 2 is 2.12 bits per heavy atom. The number of anilines is 2. The smallest absolute Gasteiger partial charge is 0.177 e. The van der Waals surface area contributed by atoms with E-state index >= 15 is 0 Å². The summed E-state index contributed by atoms with van der Waals surface area (Å²) < 4.78 is 7.23. The second kappa shape index (κ2) is 6.89. The van der Waals surface area contributed by atoms with E-state index in [0.29, 0.717) is 23.5 Å². The minimum atomic E-state index is -0.00191. The largest absolute Gasteiger partial charge is 0.365 e. The summed E-state index contributed by atoms with van der Waals surface area (Å²) in [6.45, 7) is 1.30. The van der Waals surface area contributed by atoms with E-state index in [0.717, 1.165) is 30.7 Å². The number of ether oxygens (including phenoxy) is 1. The molecule has 1 aliphatic heterocycles. The molecule has 25 heavy (non-hydrogen) atoms. The normalized spacial score (nSPS) is 16.6. The molecule has 1 unspecified atom stereocenters. The maximum Gasteiger partial charge on any atom is 0.177 e.